The average Bonchev–Trinajstić information content (AvgIpc) is 2.84. The van der Waals surface area contributed by atoms with Gasteiger partial charge in [0.25, 0.3) is 0 Å². The first-order chi connectivity index (χ1) is 18.2. The van der Waals surface area contributed by atoms with E-state index in [1.807, 2.05) is 32.9 Å². The number of rotatable bonds is 10. The minimum atomic E-state index is -0.843. The number of hydrogen-bond acceptors (Lipinski definition) is 8. The molecule has 2 rings (SSSR count). The van der Waals surface area contributed by atoms with Crippen molar-refractivity contribution in [2.45, 2.75) is 110 Å². The van der Waals surface area contributed by atoms with E-state index in [-0.39, 0.29) is 30.1 Å². The van der Waals surface area contributed by atoms with Crippen molar-refractivity contribution in [3.05, 3.63) is 48.1 Å². The van der Waals surface area contributed by atoms with Crippen molar-refractivity contribution in [3.8, 4) is 0 Å². The molecule has 8 atom stereocenters. The van der Waals surface area contributed by atoms with Crippen molar-refractivity contribution in [3.63, 3.8) is 0 Å². The van der Waals surface area contributed by atoms with Crippen LogP contribution in [-0.4, -0.2) is 67.3 Å². The highest BCUT2D eigenvalue weighted by atomic mass is 16.7. The van der Waals surface area contributed by atoms with Gasteiger partial charge in [0, 0.05) is 33.5 Å². The summed E-state index contributed by atoms with van der Waals surface area (Å²) in [6.07, 6.45) is 9.07. The van der Waals surface area contributed by atoms with Crippen LogP contribution in [0.25, 0.3) is 0 Å². The molecule has 0 bridgehead atoms. The molecule has 0 spiro atoms. The third-order valence-corrected chi connectivity index (χ3v) is 6.99. The smallest absolute Gasteiger partial charge is 0.303 e. The zero-order chi connectivity index (χ0) is 29.3. The summed E-state index contributed by atoms with van der Waals surface area (Å²) in [6.45, 7) is 16.4. The van der Waals surface area contributed by atoms with Crippen molar-refractivity contribution in [2.75, 3.05) is 7.11 Å². The van der Waals surface area contributed by atoms with Crippen LogP contribution in [0, 0.1) is 5.92 Å². The lowest BCUT2D eigenvalue weighted by molar-refractivity contribution is -0.255. The quantitative estimate of drug-likeness (QED) is 0.186. The van der Waals surface area contributed by atoms with Gasteiger partial charge < -0.3 is 29.0 Å². The molecule has 0 aromatic carbocycles. The Morgan fingerprint density at radius 1 is 1.18 bits per heavy atom. The van der Waals surface area contributed by atoms with Gasteiger partial charge in [0.05, 0.1) is 18.2 Å². The Balaban J connectivity index is 1.96. The fourth-order valence-corrected chi connectivity index (χ4v) is 4.81. The Labute approximate surface area is 232 Å². The zero-order valence-electron chi connectivity index (χ0n) is 24.5. The standard InChI is InChI=1S/C30H45NO8/c1-18(11-14-27-29(38-24(7)33)20(3)17-30(8,35-9)39-27)10-13-26-19(2)16-25(22(5)37-26)31-28(34)15-12-21(4)36-23(6)32/h10-12,14-15,19,21-22,25-27,29H,3,13,16-17H2,1-2,4-9H3,(H,31,34)/b14-11+,15-12-,18-10+/t19-,21-,22+,25+,26-,27+,29-,30-/m0/s1. The van der Waals surface area contributed by atoms with Crippen LogP contribution in [-0.2, 0) is 38.1 Å². The molecule has 1 N–H and O–H groups in total. The average molecular weight is 548 g/mol. The molecule has 0 radical (unpaired) electrons. The Kier molecular flexibility index (Phi) is 12.1. The highest BCUT2D eigenvalue weighted by Crippen LogP contribution is 2.35. The molecule has 9 heteroatoms. The van der Waals surface area contributed by atoms with E-state index in [0.29, 0.717) is 12.8 Å². The summed E-state index contributed by atoms with van der Waals surface area (Å²) < 4.78 is 28.4. The second kappa shape index (κ2) is 14.6. The van der Waals surface area contributed by atoms with Crippen molar-refractivity contribution in [1.29, 1.82) is 0 Å². The van der Waals surface area contributed by atoms with E-state index in [0.717, 1.165) is 17.6 Å². The number of hydrogen-bond donors (Lipinski definition) is 1. The van der Waals surface area contributed by atoms with Crippen LogP contribution in [0.5, 0.6) is 0 Å². The van der Waals surface area contributed by atoms with Crippen LogP contribution in [0.4, 0.5) is 0 Å². The monoisotopic (exact) mass is 547 g/mol. The third-order valence-electron chi connectivity index (χ3n) is 6.99. The first kappa shape index (κ1) is 32.5. The Bertz CT molecular complexity index is 985. The molecule has 0 aromatic heterocycles. The summed E-state index contributed by atoms with van der Waals surface area (Å²) in [4.78, 5) is 35.0. The van der Waals surface area contributed by atoms with E-state index in [1.54, 1.807) is 20.1 Å². The molecule has 0 aliphatic carbocycles. The Hall–Kier alpha value is -2.75. The number of carbonyl (C=O) groups is 3. The van der Waals surface area contributed by atoms with E-state index >= 15 is 0 Å². The third kappa shape index (κ3) is 10.4. The molecule has 2 heterocycles. The molecule has 0 aromatic rings. The zero-order valence-corrected chi connectivity index (χ0v) is 24.5. The van der Waals surface area contributed by atoms with Crippen LogP contribution in [0.3, 0.4) is 0 Å². The van der Waals surface area contributed by atoms with E-state index in [1.165, 1.54) is 19.9 Å². The Morgan fingerprint density at radius 3 is 2.49 bits per heavy atom. The maximum atomic E-state index is 12.4. The highest BCUT2D eigenvalue weighted by Gasteiger charge is 2.41. The van der Waals surface area contributed by atoms with Gasteiger partial charge in [0.1, 0.15) is 12.2 Å². The molecule has 0 unspecified atom stereocenters. The van der Waals surface area contributed by atoms with Gasteiger partial charge in [-0.25, -0.2) is 0 Å². The molecule has 2 fully saturated rings. The Morgan fingerprint density at radius 2 is 1.87 bits per heavy atom. The summed E-state index contributed by atoms with van der Waals surface area (Å²) in [5, 5.41) is 3.00. The molecule has 9 nitrogen and oxygen atoms in total. The number of nitrogens with one attached hydrogen (secondary N) is 1. The van der Waals surface area contributed by atoms with E-state index in [2.05, 4.69) is 24.9 Å². The summed E-state index contributed by atoms with van der Waals surface area (Å²) >= 11 is 0. The summed E-state index contributed by atoms with van der Waals surface area (Å²) in [7, 11) is 1.58. The summed E-state index contributed by atoms with van der Waals surface area (Å²) in [5.74, 6) is -1.65. The predicted octanol–water partition coefficient (Wildman–Crippen LogP) is 4.32. The molecule has 2 aliphatic heterocycles. The predicted molar refractivity (Wildman–Crippen MR) is 148 cm³/mol. The largest absolute Gasteiger partial charge is 0.459 e. The summed E-state index contributed by atoms with van der Waals surface area (Å²) in [5.41, 5.74) is 1.76. The number of ether oxygens (including phenoxy) is 5. The second-order valence-electron chi connectivity index (χ2n) is 10.7. The topological polar surface area (TPSA) is 109 Å². The lowest BCUT2D eigenvalue weighted by atomic mass is 9.88. The second-order valence-corrected chi connectivity index (χ2v) is 10.7. The molecule has 2 saturated heterocycles. The molecule has 39 heavy (non-hydrogen) atoms. The minimum absolute atomic E-state index is 0.00678. The van der Waals surface area contributed by atoms with Crippen molar-refractivity contribution in [2.24, 2.45) is 5.92 Å². The molecular weight excluding hydrogens is 502 g/mol. The van der Waals surface area contributed by atoms with Gasteiger partial charge in [-0.2, -0.15) is 0 Å². The van der Waals surface area contributed by atoms with Gasteiger partial charge in [-0.3, -0.25) is 14.4 Å². The fraction of sp³-hybridized carbons (Fsp3) is 0.633. The molecular formula is C30H45NO8. The van der Waals surface area contributed by atoms with Gasteiger partial charge in [0.15, 0.2) is 11.9 Å². The first-order valence-corrected chi connectivity index (χ1v) is 13.5. The van der Waals surface area contributed by atoms with Crippen LogP contribution in [0.15, 0.2) is 48.1 Å². The number of carbonyl (C=O) groups excluding carboxylic acids is 3. The minimum Gasteiger partial charge on any atom is -0.459 e. The summed E-state index contributed by atoms with van der Waals surface area (Å²) in [6, 6.07) is -0.118. The van der Waals surface area contributed by atoms with E-state index in [9.17, 15) is 14.4 Å². The van der Waals surface area contributed by atoms with Crippen molar-refractivity contribution >= 4 is 17.8 Å². The van der Waals surface area contributed by atoms with Crippen LogP contribution >= 0.6 is 0 Å². The molecule has 2 aliphatic rings. The van der Waals surface area contributed by atoms with Gasteiger partial charge in [-0.05, 0) is 58.1 Å². The maximum Gasteiger partial charge on any atom is 0.303 e. The van der Waals surface area contributed by atoms with Gasteiger partial charge in [-0.15, -0.1) is 0 Å². The highest BCUT2D eigenvalue weighted by molar-refractivity contribution is 5.87. The van der Waals surface area contributed by atoms with Crippen molar-refractivity contribution < 1.29 is 38.1 Å². The number of allylic oxidation sites excluding steroid dienone is 2. The lowest BCUT2D eigenvalue weighted by Crippen LogP contribution is -2.50. The van der Waals surface area contributed by atoms with Crippen LogP contribution in [0.2, 0.25) is 0 Å². The lowest BCUT2D eigenvalue weighted by Gasteiger charge is -2.41. The first-order valence-electron chi connectivity index (χ1n) is 13.5. The van der Waals surface area contributed by atoms with Gasteiger partial charge in [0.2, 0.25) is 5.91 Å². The molecule has 0 saturated carbocycles. The normalized spacial score (nSPS) is 32.7. The number of methoxy groups -OCH3 is 1. The van der Waals surface area contributed by atoms with Crippen molar-refractivity contribution in [1.82, 2.24) is 5.32 Å². The molecule has 1 amide bonds. The van der Waals surface area contributed by atoms with E-state index in [4.69, 9.17) is 23.7 Å². The fourth-order valence-electron chi connectivity index (χ4n) is 4.81. The number of amides is 1. The van der Waals surface area contributed by atoms with Crippen LogP contribution in [0.1, 0.15) is 67.7 Å². The SMILES string of the molecule is C=C1C[C@@](C)(OC)O[C@H](/C=C/C(C)=C/C[C@@H]2O[C@H](C)[C@H](NC(=O)/C=C\[C@H](C)OC(C)=O)C[C@@H]2C)[C@H]1OC(C)=O. The van der Waals surface area contributed by atoms with Gasteiger partial charge in [-0.1, -0.05) is 37.3 Å². The van der Waals surface area contributed by atoms with E-state index < -0.39 is 36.0 Å². The maximum absolute atomic E-state index is 12.4. The number of esters is 2. The molecule has 218 valence electrons. The van der Waals surface area contributed by atoms with Gasteiger partial charge >= 0.3 is 11.9 Å². The van der Waals surface area contributed by atoms with Crippen LogP contribution < -0.4 is 5.32 Å².